The number of nitrogens with zero attached hydrogens (tertiary/aromatic N) is 3. The van der Waals surface area contributed by atoms with Gasteiger partial charge in [-0.3, -0.25) is 0 Å². The molecule has 0 atom stereocenters. The Labute approximate surface area is 93.2 Å². The number of rotatable bonds is 5. The molecule has 0 spiro atoms. The van der Waals surface area contributed by atoms with E-state index in [1.54, 1.807) is 0 Å². The van der Waals surface area contributed by atoms with Gasteiger partial charge in [-0.05, 0) is 18.5 Å². The second kappa shape index (κ2) is 6.04. The first-order valence-corrected chi connectivity index (χ1v) is 4.85. The van der Waals surface area contributed by atoms with Gasteiger partial charge in [-0.1, -0.05) is 0 Å². The van der Waals surface area contributed by atoms with E-state index in [-0.39, 0.29) is 11.3 Å². The number of hydrogen-bond donors (Lipinski definition) is 1. The smallest absolute Gasteiger partial charge is 0.322 e. The molecule has 0 amide bonds. The third-order valence-corrected chi connectivity index (χ3v) is 1.58. The molecule has 0 fully saturated rings. The summed E-state index contributed by atoms with van der Waals surface area (Å²) in [4.78, 5) is 11.7. The quantitative estimate of drug-likeness (QED) is 0.607. The topological polar surface area (TPSA) is 59.9 Å². The van der Waals surface area contributed by atoms with Crippen molar-refractivity contribution in [2.45, 2.75) is 13.3 Å². The molecule has 1 heterocycles. The molecule has 1 N–H and O–H groups in total. The lowest BCUT2D eigenvalue weighted by Gasteiger charge is -2.05. The molecule has 5 nitrogen and oxygen atoms in total. The molecule has 0 aliphatic heterocycles. The van der Waals surface area contributed by atoms with Gasteiger partial charge in [-0.2, -0.15) is 15.0 Å². The zero-order valence-corrected chi connectivity index (χ0v) is 9.08. The van der Waals surface area contributed by atoms with Crippen molar-refractivity contribution < 1.29 is 4.74 Å². The molecule has 1 aromatic rings. The van der Waals surface area contributed by atoms with Crippen LogP contribution in [0.25, 0.3) is 0 Å². The minimum Gasteiger partial charge on any atom is -0.464 e. The van der Waals surface area contributed by atoms with Gasteiger partial charge in [-0.25, -0.2) is 0 Å². The number of nitrogens with one attached hydrogen (secondary N) is 1. The van der Waals surface area contributed by atoms with E-state index in [9.17, 15) is 0 Å². The van der Waals surface area contributed by atoms with Gasteiger partial charge in [0, 0.05) is 13.0 Å². The molecule has 0 saturated carbocycles. The predicted octanol–water partition coefficient (Wildman–Crippen LogP) is 1.36. The Hall–Kier alpha value is -1.54. The van der Waals surface area contributed by atoms with Gasteiger partial charge in [-0.15, -0.1) is 12.3 Å². The number of aromatic nitrogens is 3. The summed E-state index contributed by atoms with van der Waals surface area (Å²) in [5.74, 6) is 2.86. The molecular weight excluding hydrogens is 216 g/mol. The lowest BCUT2D eigenvalue weighted by atomic mass is 10.4. The molecule has 0 aromatic carbocycles. The summed E-state index contributed by atoms with van der Waals surface area (Å²) in [5, 5.41) is 3.01. The second-order valence-electron chi connectivity index (χ2n) is 2.52. The fourth-order valence-electron chi connectivity index (χ4n) is 0.851. The largest absolute Gasteiger partial charge is 0.464 e. The van der Waals surface area contributed by atoms with Crippen LogP contribution in [0.4, 0.5) is 5.95 Å². The van der Waals surface area contributed by atoms with Gasteiger partial charge in [0.15, 0.2) is 0 Å². The molecule has 0 bridgehead atoms. The Morgan fingerprint density at radius 3 is 2.93 bits per heavy atom. The van der Waals surface area contributed by atoms with Crippen molar-refractivity contribution in [3.8, 4) is 18.4 Å². The molecule has 15 heavy (non-hydrogen) atoms. The number of anilines is 1. The van der Waals surface area contributed by atoms with Crippen LogP contribution in [0.1, 0.15) is 13.3 Å². The van der Waals surface area contributed by atoms with Crippen molar-refractivity contribution in [1.29, 1.82) is 0 Å². The van der Waals surface area contributed by atoms with Crippen molar-refractivity contribution in [2.24, 2.45) is 0 Å². The van der Waals surface area contributed by atoms with Crippen LogP contribution in [0, 0.1) is 12.3 Å². The molecule has 6 heteroatoms. The van der Waals surface area contributed by atoms with Crippen LogP contribution in [0.2, 0.25) is 5.28 Å². The highest BCUT2D eigenvalue weighted by Gasteiger charge is 2.04. The first-order valence-electron chi connectivity index (χ1n) is 4.48. The monoisotopic (exact) mass is 226 g/mol. The molecule has 0 radical (unpaired) electrons. The molecule has 0 unspecified atom stereocenters. The lowest BCUT2D eigenvalue weighted by molar-refractivity contribution is 0.312. The third-order valence-electron chi connectivity index (χ3n) is 1.41. The maximum absolute atomic E-state index is 5.68. The minimum absolute atomic E-state index is 0.0941. The van der Waals surface area contributed by atoms with Crippen LogP contribution >= 0.6 is 11.6 Å². The number of halogens is 1. The fraction of sp³-hybridized carbons (Fsp3) is 0.444. The van der Waals surface area contributed by atoms with Crippen LogP contribution in [0.3, 0.4) is 0 Å². The molecule has 1 aromatic heterocycles. The number of ether oxygens (including phenoxy) is 1. The van der Waals surface area contributed by atoms with E-state index in [2.05, 4.69) is 26.2 Å². The van der Waals surface area contributed by atoms with E-state index >= 15 is 0 Å². The summed E-state index contributed by atoms with van der Waals surface area (Å²) in [6.07, 6.45) is 5.70. The summed E-state index contributed by atoms with van der Waals surface area (Å²) in [7, 11) is 0. The van der Waals surface area contributed by atoms with Crippen LogP contribution in [0.15, 0.2) is 0 Å². The van der Waals surface area contributed by atoms with Crippen molar-refractivity contribution in [1.82, 2.24) is 15.0 Å². The standard InChI is InChI=1S/C9H11ClN4O/c1-3-5-6-11-8-12-7(10)13-9(14-8)15-4-2/h1H,4-6H2,2H3,(H,11,12,13,14). The molecule has 0 saturated heterocycles. The van der Waals surface area contributed by atoms with Crippen molar-refractivity contribution in [3.05, 3.63) is 5.28 Å². The minimum atomic E-state index is 0.0941. The molecular formula is C9H11ClN4O. The van der Waals surface area contributed by atoms with Crippen molar-refractivity contribution >= 4 is 17.5 Å². The fourth-order valence-corrected chi connectivity index (χ4v) is 1.00. The Kier molecular flexibility index (Phi) is 4.64. The van der Waals surface area contributed by atoms with Crippen LogP contribution in [-0.4, -0.2) is 28.1 Å². The van der Waals surface area contributed by atoms with Crippen molar-refractivity contribution in [2.75, 3.05) is 18.5 Å². The normalized spacial score (nSPS) is 9.40. The third kappa shape index (κ3) is 4.00. The summed E-state index contributed by atoms with van der Waals surface area (Å²) >= 11 is 5.68. The average molecular weight is 227 g/mol. The molecule has 1 rings (SSSR count). The Balaban J connectivity index is 2.67. The average Bonchev–Trinajstić information content (AvgIpc) is 2.18. The van der Waals surface area contributed by atoms with E-state index in [0.717, 1.165) is 0 Å². The first kappa shape index (κ1) is 11.5. The first-order chi connectivity index (χ1) is 7.26. The summed E-state index contributed by atoms with van der Waals surface area (Å²) < 4.78 is 5.11. The predicted molar refractivity (Wildman–Crippen MR) is 57.9 cm³/mol. The maximum atomic E-state index is 5.68. The van der Waals surface area contributed by atoms with Gasteiger partial charge in [0.05, 0.1) is 6.61 Å². The van der Waals surface area contributed by atoms with Crippen LogP contribution in [-0.2, 0) is 0 Å². The lowest BCUT2D eigenvalue weighted by Crippen LogP contribution is -2.07. The SMILES string of the molecule is C#CCCNc1nc(Cl)nc(OCC)n1. The van der Waals surface area contributed by atoms with Gasteiger partial charge >= 0.3 is 6.01 Å². The maximum Gasteiger partial charge on any atom is 0.322 e. The second-order valence-corrected chi connectivity index (χ2v) is 2.86. The van der Waals surface area contributed by atoms with Crippen LogP contribution < -0.4 is 10.1 Å². The highest BCUT2D eigenvalue weighted by molar-refractivity contribution is 6.28. The van der Waals surface area contributed by atoms with Crippen molar-refractivity contribution in [3.63, 3.8) is 0 Å². The van der Waals surface area contributed by atoms with E-state index in [1.807, 2.05) is 6.92 Å². The van der Waals surface area contributed by atoms with E-state index in [1.165, 1.54) is 0 Å². The molecule has 0 aliphatic rings. The summed E-state index contributed by atoms with van der Waals surface area (Å²) in [6, 6.07) is 0.209. The van der Waals surface area contributed by atoms with E-state index in [0.29, 0.717) is 25.5 Å². The van der Waals surface area contributed by atoms with E-state index < -0.39 is 0 Å². The Morgan fingerprint density at radius 2 is 2.27 bits per heavy atom. The zero-order valence-electron chi connectivity index (χ0n) is 8.33. The summed E-state index contributed by atoms with van der Waals surface area (Å²) in [5.41, 5.74) is 0. The molecule has 80 valence electrons. The Bertz CT molecular complexity index is 364. The Morgan fingerprint density at radius 1 is 1.47 bits per heavy atom. The molecule has 0 aliphatic carbocycles. The highest BCUT2D eigenvalue weighted by atomic mass is 35.5. The van der Waals surface area contributed by atoms with E-state index in [4.69, 9.17) is 22.8 Å². The van der Waals surface area contributed by atoms with Crippen LogP contribution in [0.5, 0.6) is 6.01 Å². The van der Waals surface area contributed by atoms with Gasteiger partial charge in [0.2, 0.25) is 11.2 Å². The van der Waals surface area contributed by atoms with Gasteiger partial charge in [0.25, 0.3) is 0 Å². The number of terminal acetylenes is 1. The van der Waals surface area contributed by atoms with Gasteiger partial charge < -0.3 is 10.1 Å². The highest BCUT2D eigenvalue weighted by Crippen LogP contribution is 2.10. The number of hydrogen-bond acceptors (Lipinski definition) is 5. The summed E-state index contributed by atoms with van der Waals surface area (Å²) in [6.45, 7) is 2.90. The zero-order chi connectivity index (χ0) is 11.1. The van der Waals surface area contributed by atoms with Gasteiger partial charge in [0.1, 0.15) is 0 Å².